The Kier molecular flexibility index (Phi) is 6.52. The summed E-state index contributed by atoms with van der Waals surface area (Å²) in [5.74, 6) is -3.93. The fourth-order valence-electron chi connectivity index (χ4n) is 4.67. The third-order valence-electron chi connectivity index (χ3n) is 6.15. The molecule has 8 nitrogen and oxygen atoms in total. The SMILES string of the molecule is Cc1sc(C(=O)N[C@@H]2[C@H](N(C(=O)O)C(C)(C)C)CCCC2(F)F)cc1-c1cnn2cc(Cl)cnc12. The molecule has 1 saturated carbocycles. The zero-order chi connectivity index (χ0) is 25.7. The van der Waals surface area contributed by atoms with Gasteiger partial charge in [0.1, 0.15) is 6.04 Å². The van der Waals surface area contributed by atoms with Gasteiger partial charge in [-0.25, -0.2) is 23.1 Å². The molecule has 0 aromatic carbocycles. The molecule has 2 amide bonds. The lowest BCUT2D eigenvalue weighted by Gasteiger charge is -2.47. The number of nitrogens with one attached hydrogen (secondary N) is 1. The number of aryl methyl sites for hydroxylation is 1. The Hall–Kier alpha value is -2.79. The Balaban J connectivity index is 1.65. The second kappa shape index (κ2) is 9.02. The number of fused-ring (bicyclic) bond motifs is 1. The number of carbonyl (C=O) groups excluding carboxylic acids is 1. The molecule has 0 aliphatic heterocycles. The van der Waals surface area contributed by atoms with Crippen molar-refractivity contribution in [3.05, 3.63) is 39.4 Å². The van der Waals surface area contributed by atoms with E-state index in [1.54, 1.807) is 39.2 Å². The number of thiophene rings is 1. The lowest BCUT2D eigenvalue weighted by molar-refractivity contribution is -0.0973. The third kappa shape index (κ3) is 4.84. The van der Waals surface area contributed by atoms with Gasteiger partial charge >= 0.3 is 6.09 Å². The molecule has 1 fully saturated rings. The first kappa shape index (κ1) is 25.3. The molecule has 188 valence electrons. The van der Waals surface area contributed by atoms with Crippen LogP contribution in [0.4, 0.5) is 13.6 Å². The van der Waals surface area contributed by atoms with Gasteiger partial charge in [-0.15, -0.1) is 11.3 Å². The number of hydrogen-bond donors (Lipinski definition) is 2. The van der Waals surface area contributed by atoms with E-state index >= 15 is 8.78 Å². The van der Waals surface area contributed by atoms with Gasteiger partial charge in [-0.2, -0.15) is 5.10 Å². The predicted molar refractivity (Wildman–Crippen MR) is 130 cm³/mol. The number of aromatic nitrogens is 3. The zero-order valence-corrected chi connectivity index (χ0v) is 21.3. The highest BCUT2D eigenvalue weighted by atomic mass is 35.5. The number of hydrogen-bond acceptors (Lipinski definition) is 5. The molecule has 35 heavy (non-hydrogen) atoms. The van der Waals surface area contributed by atoms with E-state index in [9.17, 15) is 14.7 Å². The van der Waals surface area contributed by atoms with Crippen molar-refractivity contribution in [2.45, 2.75) is 70.5 Å². The number of halogens is 3. The average Bonchev–Trinajstić information content (AvgIpc) is 3.31. The van der Waals surface area contributed by atoms with Crippen LogP contribution in [0.5, 0.6) is 0 Å². The molecule has 3 aromatic heterocycles. The fraction of sp³-hybridized carbons (Fsp3) is 0.478. The zero-order valence-electron chi connectivity index (χ0n) is 19.7. The highest BCUT2D eigenvalue weighted by Gasteiger charge is 2.52. The molecule has 0 spiro atoms. The quantitative estimate of drug-likeness (QED) is 0.469. The number of carbonyl (C=O) groups is 2. The second-order valence-electron chi connectivity index (χ2n) is 9.67. The first-order valence-electron chi connectivity index (χ1n) is 11.1. The number of carboxylic acid groups (broad SMARTS) is 1. The predicted octanol–water partition coefficient (Wildman–Crippen LogP) is 5.48. The van der Waals surface area contributed by atoms with Crippen LogP contribution in [0, 0.1) is 6.92 Å². The van der Waals surface area contributed by atoms with Gasteiger partial charge in [0.15, 0.2) is 5.65 Å². The fourth-order valence-corrected chi connectivity index (χ4v) is 5.75. The Morgan fingerprint density at radius 2 is 2.03 bits per heavy atom. The van der Waals surface area contributed by atoms with E-state index in [0.29, 0.717) is 21.8 Å². The number of alkyl halides is 2. The van der Waals surface area contributed by atoms with Crippen molar-refractivity contribution >= 4 is 40.6 Å². The van der Waals surface area contributed by atoms with Crippen LogP contribution in [-0.4, -0.2) is 60.2 Å². The molecule has 4 rings (SSSR count). The minimum Gasteiger partial charge on any atom is -0.465 e. The van der Waals surface area contributed by atoms with E-state index in [2.05, 4.69) is 15.4 Å². The molecule has 0 bridgehead atoms. The van der Waals surface area contributed by atoms with Gasteiger partial charge in [-0.1, -0.05) is 11.6 Å². The van der Waals surface area contributed by atoms with Gasteiger partial charge in [0.25, 0.3) is 11.8 Å². The average molecular weight is 526 g/mol. The van der Waals surface area contributed by atoms with Gasteiger partial charge in [0.2, 0.25) is 0 Å². The minimum absolute atomic E-state index is 0.165. The van der Waals surface area contributed by atoms with E-state index < -0.39 is 42.0 Å². The van der Waals surface area contributed by atoms with E-state index in [4.69, 9.17) is 11.6 Å². The molecule has 0 saturated heterocycles. The summed E-state index contributed by atoms with van der Waals surface area (Å²) in [6.07, 6.45) is 3.39. The molecule has 0 unspecified atom stereocenters. The Morgan fingerprint density at radius 3 is 2.69 bits per heavy atom. The summed E-state index contributed by atoms with van der Waals surface area (Å²) in [4.78, 5) is 31.6. The van der Waals surface area contributed by atoms with Crippen LogP contribution in [0.2, 0.25) is 5.02 Å². The summed E-state index contributed by atoms with van der Waals surface area (Å²) < 4.78 is 31.6. The summed E-state index contributed by atoms with van der Waals surface area (Å²) in [7, 11) is 0. The molecule has 3 aromatic rings. The minimum atomic E-state index is -3.25. The first-order valence-corrected chi connectivity index (χ1v) is 12.3. The van der Waals surface area contributed by atoms with Gasteiger partial charge in [-0.3, -0.25) is 9.69 Å². The van der Waals surface area contributed by atoms with Crippen LogP contribution in [0.1, 0.15) is 54.6 Å². The number of amides is 2. The maximum absolute atomic E-state index is 15.1. The largest absolute Gasteiger partial charge is 0.465 e. The summed E-state index contributed by atoms with van der Waals surface area (Å²) in [6, 6.07) is -1.09. The Labute approximate surface area is 209 Å². The molecule has 0 radical (unpaired) electrons. The number of rotatable bonds is 4. The lowest BCUT2D eigenvalue weighted by Crippen LogP contribution is -2.66. The van der Waals surface area contributed by atoms with Gasteiger partial charge in [0.05, 0.1) is 28.3 Å². The van der Waals surface area contributed by atoms with Crippen molar-refractivity contribution in [2.24, 2.45) is 0 Å². The molecular formula is C23H26ClF2N5O3S. The molecule has 12 heteroatoms. The van der Waals surface area contributed by atoms with E-state index in [0.717, 1.165) is 21.1 Å². The molecule has 3 heterocycles. The van der Waals surface area contributed by atoms with Crippen molar-refractivity contribution in [1.29, 1.82) is 0 Å². The van der Waals surface area contributed by atoms with Gasteiger partial charge < -0.3 is 10.4 Å². The maximum Gasteiger partial charge on any atom is 0.408 e. The number of nitrogens with zero attached hydrogens (tertiary/aromatic N) is 4. The Bertz CT molecular complexity index is 1290. The topological polar surface area (TPSA) is 99.8 Å². The summed E-state index contributed by atoms with van der Waals surface area (Å²) in [5, 5.41) is 16.9. The van der Waals surface area contributed by atoms with Crippen LogP contribution in [-0.2, 0) is 0 Å². The molecule has 1 aliphatic carbocycles. The standard InChI is InChI=1S/C23H26ClF2N5O3S/c1-12-14(15-10-28-30-11-13(24)9-27-19(15)30)8-17(35-12)20(32)29-18-16(6-5-7-23(18,25)26)31(21(33)34)22(2,3)4/h8-11,16,18H,5-7H2,1-4H3,(H,29,32)(H,33,34)/t16-,18-/m1/s1. The van der Waals surface area contributed by atoms with Gasteiger partial charge in [0, 0.05) is 34.2 Å². The normalized spacial score (nSPS) is 20.1. The van der Waals surface area contributed by atoms with Crippen LogP contribution in [0.25, 0.3) is 16.8 Å². The van der Waals surface area contributed by atoms with Crippen LogP contribution < -0.4 is 5.32 Å². The Morgan fingerprint density at radius 1 is 1.31 bits per heavy atom. The van der Waals surface area contributed by atoms with E-state index in [1.165, 1.54) is 10.7 Å². The first-order chi connectivity index (χ1) is 16.3. The molecule has 2 atom stereocenters. The molecular weight excluding hydrogens is 500 g/mol. The lowest BCUT2D eigenvalue weighted by atomic mass is 9.84. The van der Waals surface area contributed by atoms with Crippen LogP contribution >= 0.6 is 22.9 Å². The van der Waals surface area contributed by atoms with Crippen LogP contribution in [0.3, 0.4) is 0 Å². The highest BCUT2D eigenvalue weighted by Crippen LogP contribution is 2.39. The van der Waals surface area contributed by atoms with Crippen molar-refractivity contribution < 1.29 is 23.5 Å². The van der Waals surface area contributed by atoms with Gasteiger partial charge in [-0.05, 0) is 46.6 Å². The molecule has 2 N–H and O–H groups in total. The smallest absolute Gasteiger partial charge is 0.408 e. The van der Waals surface area contributed by atoms with E-state index in [1.807, 2.05) is 6.92 Å². The van der Waals surface area contributed by atoms with Crippen molar-refractivity contribution in [3.8, 4) is 11.1 Å². The van der Waals surface area contributed by atoms with Crippen LogP contribution in [0.15, 0.2) is 24.7 Å². The maximum atomic E-state index is 15.1. The van der Waals surface area contributed by atoms with E-state index in [-0.39, 0.29) is 17.7 Å². The third-order valence-corrected chi connectivity index (χ3v) is 7.40. The summed E-state index contributed by atoms with van der Waals surface area (Å²) in [6.45, 7) is 6.78. The van der Waals surface area contributed by atoms with Crippen molar-refractivity contribution in [3.63, 3.8) is 0 Å². The molecule has 1 aliphatic rings. The highest BCUT2D eigenvalue weighted by molar-refractivity contribution is 7.14. The van der Waals surface area contributed by atoms with Crippen molar-refractivity contribution in [2.75, 3.05) is 0 Å². The monoisotopic (exact) mass is 525 g/mol. The summed E-state index contributed by atoms with van der Waals surface area (Å²) >= 11 is 7.14. The van der Waals surface area contributed by atoms with Crippen molar-refractivity contribution in [1.82, 2.24) is 24.8 Å². The summed E-state index contributed by atoms with van der Waals surface area (Å²) in [5.41, 5.74) is 1.02. The second-order valence-corrected chi connectivity index (χ2v) is 11.4.